The average Bonchev–Trinajstić information content (AvgIpc) is 2.44. The van der Waals surface area contributed by atoms with Crippen LogP contribution in [0.2, 0.25) is 0 Å². The fourth-order valence-electron chi connectivity index (χ4n) is 1.08. The van der Waals surface area contributed by atoms with Gasteiger partial charge in [-0.25, -0.2) is 4.79 Å². The number of nitrogens with zero attached hydrogens (tertiary/aromatic N) is 2. The zero-order valence-corrected chi connectivity index (χ0v) is 9.48. The molecule has 1 heterocycles. The van der Waals surface area contributed by atoms with Gasteiger partial charge in [-0.05, 0) is 22.0 Å². The standard InChI is InChI=1S/C8H11BrN2O3/c1-11-5(4-7(9)10-11)3-6(12)8(13)14-2/h4,6,12H,3H2,1-2H3. The Morgan fingerprint density at radius 1 is 1.86 bits per heavy atom. The molecule has 0 radical (unpaired) electrons. The highest BCUT2D eigenvalue weighted by atomic mass is 79.9. The highest BCUT2D eigenvalue weighted by Gasteiger charge is 2.17. The van der Waals surface area contributed by atoms with Crippen LogP contribution in [0.3, 0.4) is 0 Å². The molecule has 0 aliphatic carbocycles. The largest absolute Gasteiger partial charge is 0.467 e. The van der Waals surface area contributed by atoms with Crippen LogP contribution in [-0.2, 0) is 23.0 Å². The van der Waals surface area contributed by atoms with E-state index in [1.54, 1.807) is 17.8 Å². The Kier molecular flexibility index (Phi) is 3.65. The molecule has 14 heavy (non-hydrogen) atoms. The summed E-state index contributed by atoms with van der Waals surface area (Å²) in [5, 5.41) is 13.4. The van der Waals surface area contributed by atoms with Crippen molar-refractivity contribution in [3.8, 4) is 0 Å². The molecule has 1 atom stereocenters. The van der Waals surface area contributed by atoms with E-state index in [1.165, 1.54) is 7.11 Å². The van der Waals surface area contributed by atoms with E-state index in [9.17, 15) is 9.90 Å². The predicted molar refractivity (Wildman–Crippen MR) is 52.6 cm³/mol. The number of carbonyl (C=O) groups excluding carboxylic acids is 1. The Labute approximate surface area is 89.8 Å². The summed E-state index contributed by atoms with van der Waals surface area (Å²) in [5.41, 5.74) is 0.759. The van der Waals surface area contributed by atoms with Crippen molar-refractivity contribution in [3.05, 3.63) is 16.4 Å². The van der Waals surface area contributed by atoms with Gasteiger partial charge in [-0.3, -0.25) is 4.68 Å². The molecule has 1 aromatic heterocycles. The average molecular weight is 263 g/mol. The second-order valence-electron chi connectivity index (χ2n) is 2.83. The molecule has 0 aromatic carbocycles. The SMILES string of the molecule is COC(=O)C(O)Cc1cc(Br)nn1C. The number of rotatable bonds is 3. The monoisotopic (exact) mass is 262 g/mol. The van der Waals surface area contributed by atoms with Crippen LogP contribution >= 0.6 is 15.9 Å². The first-order valence-corrected chi connectivity index (χ1v) is 4.78. The van der Waals surface area contributed by atoms with Gasteiger partial charge in [-0.1, -0.05) is 0 Å². The number of hydrogen-bond acceptors (Lipinski definition) is 4. The van der Waals surface area contributed by atoms with Gasteiger partial charge in [0.05, 0.1) is 7.11 Å². The molecule has 0 aliphatic rings. The van der Waals surface area contributed by atoms with Crippen LogP contribution in [0.15, 0.2) is 10.7 Å². The number of carbonyl (C=O) groups is 1. The summed E-state index contributed by atoms with van der Waals surface area (Å²) in [6.45, 7) is 0. The lowest BCUT2D eigenvalue weighted by atomic mass is 10.2. The summed E-state index contributed by atoms with van der Waals surface area (Å²) in [6, 6.07) is 1.74. The Hall–Kier alpha value is -0.880. The van der Waals surface area contributed by atoms with Crippen molar-refractivity contribution in [2.24, 2.45) is 7.05 Å². The van der Waals surface area contributed by atoms with E-state index in [0.717, 1.165) is 5.69 Å². The zero-order valence-electron chi connectivity index (χ0n) is 7.90. The summed E-state index contributed by atoms with van der Waals surface area (Å²) < 4.78 is 6.67. The van der Waals surface area contributed by atoms with Gasteiger partial charge < -0.3 is 9.84 Å². The van der Waals surface area contributed by atoms with Crippen molar-refractivity contribution in [1.29, 1.82) is 0 Å². The van der Waals surface area contributed by atoms with Gasteiger partial charge in [0, 0.05) is 19.2 Å². The van der Waals surface area contributed by atoms with Crippen molar-refractivity contribution in [3.63, 3.8) is 0 Å². The second-order valence-corrected chi connectivity index (χ2v) is 3.64. The number of aryl methyl sites for hydroxylation is 1. The van der Waals surface area contributed by atoms with Crippen molar-refractivity contribution in [1.82, 2.24) is 9.78 Å². The maximum absolute atomic E-state index is 10.9. The lowest BCUT2D eigenvalue weighted by Crippen LogP contribution is -2.25. The van der Waals surface area contributed by atoms with Gasteiger partial charge in [0.1, 0.15) is 4.60 Å². The quantitative estimate of drug-likeness (QED) is 0.794. The van der Waals surface area contributed by atoms with E-state index in [1.807, 2.05) is 0 Å². The van der Waals surface area contributed by atoms with Gasteiger partial charge in [-0.15, -0.1) is 0 Å². The van der Waals surface area contributed by atoms with Crippen LogP contribution in [0.5, 0.6) is 0 Å². The summed E-state index contributed by atoms with van der Waals surface area (Å²) >= 11 is 3.20. The predicted octanol–water partition coefficient (Wildman–Crippen LogP) is 0.259. The smallest absolute Gasteiger partial charge is 0.335 e. The molecule has 1 N–H and O–H groups in total. The number of aliphatic hydroxyl groups is 1. The van der Waals surface area contributed by atoms with E-state index in [0.29, 0.717) is 4.60 Å². The third-order valence-corrected chi connectivity index (χ3v) is 2.21. The van der Waals surface area contributed by atoms with Crippen LogP contribution in [0.4, 0.5) is 0 Å². The fourth-order valence-corrected chi connectivity index (χ4v) is 1.58. The highest BCUT2D eigenvalue weighted by molar-refractivity contribution is 9.10. The molecule has 0 spiro atoms. The Morgan fingerprint density at radius 2 is 2.50 bits per heavy atom. The first kappa shape index (κ1) is 11.2. The lowest BCUT2D eigenvalue weighted by molar-refractivity contribution is -0.150. The number of halogens is 1. The van der Waals surface area contributed by atoms with Crippen molar-refractivity contribution >= 4 is 21.9 Å². The van der Waals surface area contributed by atoms with E-state index < -0.39 is 12.1 Å². The minimum atomic E-state index is -1.14. The molecule has 6 heteroatoms. The molecule has 0 saturated heterocycles. The minimum Gasteiger partial charge on any atom is -0.467 e. The summed E-state index contributed by atoms with van der Waals surface area (Å²) in [7, 11) is 2.98. The molecule has 78 valence electrons. The molecule has 0 bridgehead atoms. The molecule has 1 rings (SSSR count). The molecule has 0 amide bonds. The number of aliphatic hydroxyl groups excluding tert-OH is 1. The van der Waals surface area contributed by atoms with Crippen molar-refractivity contribution < 1.29 is 14.6 Å². The highest BCUT2D eigenvalue weighted by Crippen LogP contribution is 2.11. The van der Waals surface area contributed by atoms with Crippen LogP contribution in [0.25, 0.3) is 0 Å². The number of hydrogen-bond donors (Lipinski definition) is 1. The topological polar surface area (TPSA) is 64.3 Å². The third-order valence-electron chi connectivity index (χ3n) is 1.82. The molecular weight excluding hydrogens is 252 g/mol. The Morgan fingerprint density at radius 3 is 2.93 bits per heavy atom. The molecule has 5 nitrogen and oxygen atoms in total. The summed E-state index contributed by atoms with van der Waals surface area (Å²) in [6.07, 6.45) is -0.941. The van der Waals surface area contributed by atoms with E-state index >= 15 is 0 Å². The Bertz CT molecular complexity index is 337. The van der Waals surface area contributed by atoms with Gasteiger partial charge >= 0.3 is 5.97 Å². The minimum absolute atomic E-state index is 0.196. The van der Waals surface area contributed by atoms with E-state index in [4.69, 9.17) is 0 Å². The van der Waals surface area contributed by atoms with Crippen LogP contribution in [0, 0.1) is 0 Å². The molecular formula is C8H11BrN2O3. The summed E-state index contributed by atoms with van der Waals surface area (Å²) in [5.74, 6) is -0.637. The van der Waals surface area contributed by atoms with Gasteiger partial charge in [-0.2, -0.15) is 5.10 Å². The maximum Gasteiger partial charge on any atom is 0.335 e. The fraction of sp³-hybridized carbons (Fsp3) is 0.500. The van der Waals surface area contributed by atoms with Crippen molar-refractivity contribution in [2.75, 3.05) is 7.11 Å². The van der Waals surface area contributed by atoms with Gasteiger partial charge in [0.15, 0.2) is 6.10 Å². The first-order valence-electron chi connectivity index (χ1n) is 3.99. The normalized spacial score (nSPS) is 12.6. The van der Waals surface area contributed by atoms with Gasteiger partial charge in [0.2, 0.25) is 0 Å². The first-order chi connectivity index (χ1) is 6.54. The molecule has 1 aromatic rings. The molecule has 0 saturated carbocycles. The second kappa shape index (κ2) is 4.56. The van der Waals surface area contributed by atoms with Crippen LogP contribution < -0.4 is 0 Å². The molecule has 0 aliphatic heterocycles. The van der Waals surface area contributed by atoms with E-state index in [2.05, 4.69) is 25.8 Å². The lowest BCUT2D eigenvalue weighted by Gasteiger charge is -2.07. The number of methoxy groups -OCH3 is 1. The van der Waals surface area contributed by atoms with Crippen LogP contribution in [-0.4, -0.2) is 34.1 Å². The molecule has 1 unspecified atom stereocenters. The van der Waals surface area contributed by atoms with Crippen molar-refractivity contribution in [2.45, 2.75) is 12.5 Å². The number of esters is 1. The number of ether oxygens (including phenoxy) is 1. The zero-order chi connectivity index (χ0) is 10.7. The van der Waals surface area contributed by atoms with Gasteiger partial charge in [0.25, 0.3) is 0 Å². The molecule has 0 fully saturated rings. The van der Waals surface area contributed by atoms with Crippen LogP contribution in [0.1, 0.15) is 5.69 Å². The number of aromatic nitrogens is 2. The maximum atomic E-state index is 10.9. The summed E-state index contributed by atoms with van der Waals surface area (Å²) in [4.78, 5) is 10.9. The Balaban J connectivity index is 2.69. The third kappa shape index (κ3) is 2.55. The van der Waals surface area contributed by atoms with E-state index in [-0.39, 0.29) is 6.42 Å².